The van der Waals surface area contributed by atoms with Gasteiger partial charge in [-0.1, -0.05) is 37.1 Å². The minimum absolute atomic E-state index is 0. The van der Waals surface area contributed by atoms with Crippen molar-refractivity contribution in [3.05, 3.63) is 88.5 Å². The van der Waals surface area contributed by atoms with Gasteiger partial charge in [0.2, 0.25) is 0 Å². The highest BCUT2D eigenvalue weighted by atomic mass is 35.5. The van der Waals surface area contributed by atoms with Gasteiger partial charge in [0.15, 0.2) is 0 Å². The van der Waals surface area contributed by atoms with Gasteiger partial charge >= 0.3 is 5.97 Å². The molecule has 6 nitrogen and oxygen atoms in total. The SMILES string of the molecule is CCn1nc(Cc2ccc(C#N)cc2)cc1C1CCN(CC2CC([C@H](CC3CC3)C(=O)O)CC2c2cccc(F)c2)CC1.Cl.Cl. The minimum atomic E-state index is -0.651. The number of rotatable bonds is 11. The van der Waals surface area contributed by atoms with Crippen LogP contribution in [-0.4, -0.2) is 45.4 Å². The molecule has 9 heteroatoms. The lowest BCUT2D eigenvalue weighted by Crippen LogP contribution is -2.37. The van der Waals surface area contributed by atoms with E-state index in [1.54, 1.807) is 12.1 Å². The number of carbonyl (C=O) groups is 1. The van der Waals surface area contributed by atoms with E-state index in [4.69, 9.17) is 10.4 Å². The molecule has 242 valence electrons. The van der Waals surface area contributed by atoms with Gasteiger partial charge in [-0.05, 0) is 117 Å². The Balaban J connectivity index is 0.00000230. The molecule has 4 atom stereocenters. The third-order valence-corrected chi connectivity index (χ3v) is 10.3. The number of aryl methyl sites for hydroxylation is 1. The molecule has 0 radical (unpaired) electrons. The maximum absolute atomic E-state index is 14.3. The maximum atomic E-state index is 14.3. The topological polar surface area (TPSA) is 82.2 Å². The summed E-state index contributed by atoms with van der Waals surface area (Å²) in [5, 5.41) is 24.1. The molecule has 1 saturated heterocycles. The molecular weight excluding hydrogens is 610 g/mol. The van der Waals surface area contributed by atoms with Crippen molar-refractivity contribution in [1.82, 2.24) is 14.7 Å². The number of aliphatic carboxylic acids is 1. The number of benzene rings is 2. The average molecular weight is 656 g/mol. The van der Waals surface area contributed by atoms with Crippen molar-refractivity contribution in [3.8, 4) is 6.07 Å². The summed E-state index contributed by atoms with van der Waals surface area (Å²) in [4.78, 5) is 14.9. The zero-order valence-corrected chi connectivity index (χ0v) is 27.6. The van der Waals surface area contributed by atoms with E-state index in [1.807, 2.05) is 30.3 Å². The van der Waals surface area contributed by atoms with E-state index in [0.717, 1.165) is 94.4 Å². The van der Waals surface area contributed by atoms with Crippen molar-refractivity contribution in [2.45, 2.75) is 76.7 Å². The van der Waals surface area contributed by atoms with Crippen LogP contribution in [0, 0.1) is 40.8 Å². The van der Waals surface area contributed by atoms with Crippen LogP contribution < -0.4 is 0 Å². The highest BCUT2D eigenvalue weighted by Crippen LogP contribution is 2.49. The van der Waals surface area contributed by atoms with Crippen LogP contribution in [0.5, 0.6) is 0 Å². The Labute approximate surface area is 278 Å². The summed E-state index contributed by atoms with van der Waals surface area (Å²) in [6.07, 6.45) is 7.77. The third kappa shape index (κ3) is 8.47. The molecule has 3 aliphatic rings. The highest BCUT2D eigenvalue weighted by molar-refractivity contribution is 5.85. The summed E-state index contributed by atoms with van der Waals surface area (Å²) in [6, 6.07) is 19.2. The van der Waals surface area contributed by atoms with Crippen molar-refractivity contribution < 1.29 is 14.3 Å². The van der Waals surface area contributed by atoms with Crippen LogP contribution in [0.3, 0.4) is 0 Å². The summed E-state index contributed by atoms with van der Waals surface area (Å²) >= 11 is 0. The minimum Gasteiger partial charge on any atom is -0.481 e. The first-order chi connectivity index (χ1) is 20.9. The van der Waals surface area contributed by atoms with Gasteiger partial charge in [0.1, 0.15) is 5.82 Å². The van der Waals surface area contributed by atoms with Crippen molar-refractivity contribution in [3.63, 3.8) is 0 Å². The first-order valence-corrected chi connectivity index (χ1v) is 16.2. The quantitative estimate of drug-likeness (QED) is 0.228. The lowest BCUT2D eigenvalue weighted by atomic mass is 9.85. The summed E-state index contributed by atoms with van der Waals surface area (Å²) < 4.78 is 16.4. The van der Waals surface area contributed by atoms with Gasteiger partial charge in [0, 0.05) is 31.1 Å². The van der Waals surface area contributed by atoms with Gasteiger partial charge in [-0.25, -0.2) is 4.39 Å². The molecule has 6 rings (SSSR count). The van der Waals surface area contributed by atoms with E-state index >= 15 is 0 Å². The zero-order chi connectivity index (χ0) is 29.9. The first-order valence-electron chi connectivity index (χ1n) is 16.2. The molecule has 2 aromatic carbocycles. The zero-order valence-electron chi connectivity index (χ0n) is 26.0. The molecule has 1 N–H and O–H groups in total. The van der Waals surface area contributed by atoms with Crippen LogP contribution in [0.1, 0.15) is 91.8 Å². The Morgan fingerprint density at radius 3 is 2.42 bits per heavy atom. The number of aromatic nitrogens is 2. The van der Waals surface area contributed by atoms with E-state index in [0.29, 0.717) is 23.3 Å². The van der Waals surface area contributed by atoms with Crippen LogP contribution >= 0.6 is 24.8 Å². The van der Waals surface area contributed by atoms with Crippen LogP contribution in [0.2, 0.25) is 0 Å². The number of carboxylic acid groups (broad SMARTS) is 1. The normalized spacial score (nSPS) is 22.6. The van der Waals surface area contributed by atoms with Gasteiger partial charge < -0.3 is 10.0 Å². The van der Waals surface area contributed by atoms with Gasteiger partial charge in [-0.2, -0.15) is 10.4 Å². The lowest BCUT2D eigenvalue weighted by Gasteiger charge is -2.35. The summed E-state index contributed by atoms with van der Waals surface area (Å²) in [5.41, 5.74) is 5.24. The van der Waals surface area contributed by atoms with E-state index in [1.165, 1.54) is 11.8 Å². The van der Waals surface area contributed by atoms with Crippen molar-refractivity contribution in [2.75, 3.05) is 19.6 Å². The number of likely N-dealkylation sites (tertiary alicyclic amines) is 1. The maximum Gasteiger partial charge on any atom is 0.306 e. The number of carboxylic acids is 1. The monoisotopic (exact) mass is 654 g/mol. The second kappa shape index (κ2) is 15.6. The van der Waals surface area contributed by atoms with Crippen LogP contribution in [0.15, 0.2) is 54.6 Å². The number of nitriles is 1. The van der Waals surface area contributed by atoms with E-state index in [9.17, 15) is 14.3 Å². The summed E-state index contributed by atoms with van der Waals surface area (Å²) in [7, 11) is 0. The Kier molecular flexibility index (Phi) is 12.1. The van der Waals surface area contributed by atoms with E-state index in [2.05, 4.69) is 28.6 Å². The fourth-order valence-electron chi connectivity index (χ4n) is 7.86. The fourth-order valence-corrected chi connectivity index (χ4v) is 7.86. The van der Waals surface area contributed by atoms with Crippen LogP contribution in [-0.2, 0) is 17.8 Å². The second-order valence-corrected chi connectivity index (χ2v) is 13.2. The number of piperidine rings is 1. The summed E-state index contributed by atoms with van der Waals surface area (Å²) in [5.74, 6) is 0.586. The largest absolute Gasteiger partial charge is 0.481 e. The second-order valence-electron chi connectivity index (χ2n) is 13.2. The molecule has 45 heavy (non-hydrogen) atoms. The Hall–Kier alpha value is -2.92. The number of hydrogen-bond acceptors (Lipinski definition) is 4. The van der Waals surface area contributed by atoms with Gasteiger partial charge in [0.25, 0.3) is 0 Å². The number of nitrogens with zero attached hydrogens (tertiary/aromatic N) is 4. The van der Waals surface area contributed by atoms with Gasteiger partial charge in [-0.15, -0.1) is 24.8 Å². The molecule has 2 aliphatic carbocycles. The lowest BCUT2D eigenvalue weighted by molar-refractivity contribution is -0.144. The predicted octanol–water partition coefficient (Wildman–Crippen LogP) is 7.84. The average Bonchev–Trinajstić information content (AvgIpc) is 3.61. The Morgan fingerprint density at radius 2 is 1.80 bits per heavy atom. The molecule has 2 heterocycles. The smallest absolute Gasteiger partial charge is 0.306 e. The molecular formula is C36H45Cl2FN4O2. The molecule has 3 fully saturated rings. The van der Waals surface area contributed by atoms with Crippen LogP contribution in [0.4, 0.5) is 4.39 Å². The van der Waals surface area contributed by atoms with Crippen molar-refractivity contribution in [2.24, 2.45) is 23.7 Å². The Morgan fingerprint density at radius 1 is 1.07 bits per heavy atom. The first kappa shape index (κ1) is 34.9. The van der Waals surface area contributed by atoms with Gasteiger partial charge in [-0.3, -0.25) is 9.48 Å². The van der Waals surface area contributed by atoms with Gasteiger partial charge in [0.05, 0.1) is 23.2 Å². The fraction of sp³-hybridized carbons (Fsp3) is 0.528. The van der Waals surface area contributed by atoms with Crippen LogP contribution in [0.25, 0.3) is 0 Å². The molecule has 1 aromatic heterocycles. The molecule has 3 aromatic rings. The number of halogens is 3. The molecule has 0 spiro atoms. The van der Waals surface area contributed by atoms with Crippen molar-refractivity contribution in [1.29, 1.82) is 5.26 Å². The Bertz CT molecular complexity index is 1460. The van der Waals surface area contributed by atoms with E-state index in [-0.39, 0.29) is 48.4 Å². The third-order valence-electron chi connectivity index (χ3n) is 10.3. The summed E-state index contributed by atoms with van der Waals surface area (Å²) in [6.45, 7) is 5.94. The van der Waals surface area contributed by atoms with Crippen molar-refractivity contribution >= 4 is 30.8 Å². The highest BCUT2D eigenvalue weighted by Gasteiger charge is 2.43. The number of hydrogen-bond donors (Lipinski definition) is 1. The molecule has 2 saturated carbocycles. The molecule has 1 aliphatic heterocycles. The standard InChI is InChI=1S/C36H43FN4O2.2ClH/c1-2-41-35(21-32(39-41)16-24-8-10-26(22-38)11-9-24)27-12-14-40(15-13-27)23-30-18-29(34(36(42)43)17-25-6-7-25)20-33(30)28-4-3-5-31(37)19-28;;/h3-5,8-11,19,21,25,27,29-30,33-34H,2,6-7,12-18,20,23H2,1H3,(H,42,43);2*1H/t29?,30?,33?,34-;;/m0../s1. The molecule has 0 bridgehead atoms. The molecule has 3 unspecified atom stereocenters. The van der Waals surface area contributed by atoms with E-state index < -0.39 is 5.97 Å². The molecule has 0 amide bonds. The predicted molar refractivity (Wildman–Crippen MR) is 179 cm³/mol.